The van der Waals surface area contributed by atoms with Crippen LogP contribution in [0.4, 0.5) is 0 Å². The van der Waals surface area contributed by atoms with E-state index in [9.17, 15) is 9.59 Å². The zero-order chi connectivity index (χ0) is 20.7. The van der Waals surface area contributed by atoms with Gasteiger partial charge < -0.3 is 23.8 Å². The van der Waals surface area contributed by atoms with Gasteiger partial charge in [-0.15, -0.1) is 0 Å². The fourth-order valence-corrected chi connectivity index (χ4v) is 4.73. The largest absolute Gasteiger partial charge is 0.492 e. The Morgan fingerprint density at radius 3 is 2.93 bits per heavy atom. The summed E-state index contributed by atoms with van der Waals surface area (Å²) in [7, 11) is 1.71. The lowest BCUT2D eigenvalue weighted by molar-refractivity contribution is -0.142. The van der Waals surface area contributed by atoms with Gasteiger partial charge in [-0.05, 0) is 12.1 Å². The van der Waals surface area contributed by atoms with Gasteiger partial charge >= 0.3 is 0 Å². The molecular weight excluding hydrogens is 386 g/mol. The van der Waals surface area contributed by atoms with Crippen LogP contribution in [0.1, 0.15) is 5.69 Å². The number of amides is 2. The van der Waals surface area contributed by atoms with E-state index in [-0.39, 0.29) is 17.9 Å². The first-order valence-electron chi connectivity index (χ1n) is 10.1. The zero-order valence-corrected chi connectivity index (χ0v) is 16.6. The number of carbonyl (C=O) groups is 2. The Morgan fingerprint density at radius 1 is 1.33 bits per heavy atom. The van der Waals surface area contributed by atoms with Crippen molar-refractivity contribution >= 4 is 11.8 Å². The first-order valence-corrected chi connectivity index (χ1v) is 10.1. The predicted octanol–water partition coefficient (Wildman–Crippen LogP) is 1.49. The molecule has 0 saturated carbocycles. The Bertz CT molecular complexity index is 960. The minimum Gasteiger partial charge on any atom is -0.492 e. The number of aromatic nitrogens is 1. The van der Waals surface area contributed by atoms with Crippen LogP contribution < -0.4 is 4.74 Å². The highest BCUT2D eigenvalue weighted by Gasteiger charge is 2.67. The molecule has 8 nitrogen and oxygen atoms in total. The summed E-state index contributed by atoms with van der Waals surface area (Å²) in [6.07, 6.45) is 4.98. The van der Waals surface area contributed by atoms with Gasteiger partial charge in [0.25, 0.3) is 0 Å². The highest BCUT2D eigenvalue weighted by molar-refractivity contribution is 5.93. The molecule has 2 fully saturated rings. The lowest BCUT2D eigenvalue weighted by Crippen LogP contribution is -2.44. The third-order valence-electron chi connectivity index (χ3n) is 6.10. The normalized spacial score (nSPS) is 28.8. The Kier molecular flexibility index (Phi) is 4.58. The van der Waals surface area contributed by atoms with Gasteiger partial charge in [-0.3, -0.25) is 9.59 Å². The highest BCUT2D eigenvalue weighted by atomic mass is 16.5. The number of carbonyl (C=O) groups excluding carboxylic acids is 2. The van der Waals surface area contributed by atoms with E-state index >= 15 is 0 Å². The molecule has 1 aromatic heterocycles. The summed E-state index contributed by atoms with van der Waals surface area (Å²) in [5.41, 5.74) is -0.0542. The topological polar surface area (TPSA) is 85.1 Å². The van der Waals surface area contributed by atoms with Crippen LogP contribution in [0, 0.1) is 11.8 Å². The average Bonchev–Trinajstić information content (AvgIpc) is 3.51. The molecule has 1 aromatic carbocycles. The minimum atomic E-state index is -0.719. The number of benzene rings is 1. The van der Waals surface area contributed by atoms with Crippen molar-refractivity contribution in [2.24, 2.45) is 11.8 Å². The van der Waals surface area contributed by atoms with Gasteiger partial charge in [-0.25, -0.2) is 0 Å². The smallest absolute Gasteiger partial charge is 0.230 e. The molecule has 0 aliphatic carbocycles. The lowest BCUT2D eigenvalue weighted by Gasteiger charge is -2.27. The molecule has 2 saturated heterocycles. The molecule has 4 atom stereocenters. The summed E-state index contributed by atoms with van der Waals surface area (Å²) in [6, 6.07) is 11.2. The van der Waals surface area contributed by atoms with E-state index in [1.807, 2.05) is 42.5 Å². The van der Waals surface area contributed by atoms with Crippen molar-refractivity contribution in [3.8, 4) is 5.75 Å². The van der Waals surface area contributed by atoms with Crippen molar-refractivity contribution < 1.29 is 23.6 Å². The molecule has 3 aliphatic heterocycles. The van der Waals surface area contributed by atoms with Gasteiger partial charge in [0, 0.05) is 13.1 Å². The fraction of sp³-hybridized carbons (Fsp3) is 0.409. The van der Waals surface area contributed by atoms with Crippen LogP contribution in [0.15, 0.2) is 59.3 Å². The van der Waals surface area contributed by atoms with Crippen molar-refractivity contribution in [2.75, 3.05) is 26.7 Å². The third kappa shape index (κ3) is 3.08. The van der Waals surface area contributed by atoms with Crippen LogP contribution in [0.25, 0.3) is 0 Å². The van der Waals surface area contributed by atoms with E-state index in [1.54, 1.807) is 22.9 Å². The molecule has 30 heavy (non-hydrogen) atoms. The second-order valence-corrected chi connectivity index (χ2v) is 8.01. The molecule has 5 rings (SSSR count). The quantitative estimate of drug-likeness (QED) is 0.645. The van der Waals surface area contributed by atoms with E-state index in [2.05, 4.69) is 5.16 Å². The Hall–Kier alpha value is -3.13. The minimum absolute atomic E-state index is 0.0494. The molecular formula is C22H23N3O5. The average molecular weight is 409 g/mol. The number of para-hydroxylation sites is 1. The maximum absolute atomic E-state index is 13.2. The number of fused-ring (bicyclic) bond motifs is 1. The SMILES string of the molecule is CN(Cc1ccon1)C(=O)C1C2C(=O)N(CCOc3ccccc3)C[C@@]23C=C[C@@H]1O3. The van der Waals surface area contributed by atoms with Gasteiger partial charge in [-0.2, -0.15) is 0 Å². The molecule has 0 N–H and O–H groups in total. The molecule has 2 amide bonds. The number of hydrogen-bond acceptors (Lipinski definition) is 6. The fourth-order valence-electron chi connectivity index (χ4n) is 4.73. The second kappa shape index (κ2) is 7.28. The van der Waals surface area contributed by atoms with Crippen molar-refractivity contribution in [1.82, 2.24) is 15.0 Å². The van der Waals surface area contributed by atoms with Crippen LogP contribution in [0.5, 0.6) is 5.75 Å². The highest BCUT2D eigenvalue weighted by Crippen LogP contribution is 2.52. The van der Waals surface area contributed by atoms with Gasteiger partial charge in [0.2, 0.25) is 11.8 Å². The van der Waals surface area contributed by atoms with Gasteiger partial charge in [0.05, 0.1) is 37.6 Å². The van der Waals surface area contributed by atoms with E-state index in [0.29, 0.717) is 31.9 Å². The summed E-state index contributed by atoms with van der Waals surface area (Å²) in [5.74, 6) is -0.431. The van der Waals surface area contributed by atoms with Crippen molar-refractivity contribution in [1.29, 1.82) is 0 Å². The summed E-state index contributed by atoms with van der Waals surface area (Å²) in [6.45, 7) is 1.60. The molecule has 3 aliphatic rings. The van der Waals surface area contributed by atoms with E-state index in [4.69, 9.17) is 14.0 Å². The number of likely N-dealkylation sites (tertiary alicyclic amines) is 1. The molecule has 156 valence electrons. The first kappa shape index (κ1) is 18.9. The van der Waals surface area contributed by atoms with Gasteiger partial charge in [0.1, 0.15) is 29.9 Å². The van der Waals surface area contributed by atoms with Crippen LogP contribution in [0.3, 0.4) is 0 Å². The van der Waals surface area contributed by atoms with Crippen molar-refractivity contribution in [2.45, 2.75) is 18.2 Å². The predicted molar refractivity (Wildman–Crippen MR) is 105 cm³/mol. The van der Waals surface area contributed by atoms with E-state index in [0.717, 1.165) is 5.75 Å². The molecule has 2 unspecified atom stereocenters. The standard InChI is InChI=1S/C22H23N3O5/c1-24(13-15-8-11-29-23-15)20(26)18-17-7-9-22(30-17)14-25(21(27)19(18)22)10-12-28-16-5-3-2-4-6-16/h2-9,11,17-19H,10,12-14H2,1H3/t17-,18?,19?,22-/m0/s1. The van der Waals surface area contributed by atoms with Crippen LogP contribution in [-0.4, -0.2) is 65.2 Å². The van der Waals surface area contributed by atoms with Crippen LogP contribution in [0.2, 0.25) is 0 Å². The molecule has 2 bridgehead atoms. The molecule has 0 radical (unpaired) electrons. The van der Waals surface area contributed by atoms with Crippen molar-refractivity contribution in [3.63, 3.8) is 0 Å². The van der Waals surface area contributed by atoms with Gasteiger partial charge in [0.15, 0.2) is 0 Å². The van der Waals surface area contributed by atoms with Crippen LogP contribution >= 0.6 is 0 Å². The van der Waals surface area contributed by atoms with Crippen LogP contribution in [-0.2, 0) is 20.9 Å². The summed E-state index contributed by atoms with van der Waals surface area (Å²) < 4.78 is 16.8. The summed E-state index contributed by atoms with van der Waals surface area (Å²) >= 11 is 0. The number of hydrogen-bond donors (Lipinski definition) is 0. The molecule has 4 heterocycles. The Labute approximate surface area is 174 Å². The van der Waals surface area contributed by atoms with E-state index in [1.165, 1.54) is 6.26 Å². The third-order valence-corrected chi connectivity index (χ3v) is 6.10. The number of ether oxygens (including phenoxy) is 2. The number of nitrogens with zero attached hydrogens (tertiary/aromatic N) is 3. The monoisotopic (exact) mass is 409 g/mol. The van der Waals surface area contributed by atoms with E-state index < -0.39 is 17.4 Å². The zero-order valence-electron chi connectivity index (χ0n) is 16.6. The molecule has 8 heteroatoms. The van der Waals surface area contributed by atoms with Crippen molar-refractivity contribution in [3.05, 3.63) is 60.5 Å². The second-order valence-electron chi connectivity index (χ2n) is 8.01. The number of rotatable bonds is 7. The Morgan fingerprint density at radius 2 is 2.17 bits per heavy atom. The summed E-state index contributed by atoms with van der Waals surface area (Å²) in [5, 5.41) is 3.86. The van der Waals surface area contributed by atoms with Gasteiger partial charge in [-0.1, -0.05) is 35.5 Å². The molecule has 1 spiro atoms. The molecule has 2 aromatic rings. The maximum atomic E-state index is 13.2. The lowest BCUT2D eigenvalue weighted by atomic mass is 9.76. The first-order chi connectivity index (χ1) is 14.6. The maximum Gasteiger partial charge on any atom is 0.230 e. The Balaban J connectivity index is 1.27. The summed E-state index contributed by atoms with van der Waals surface area (Å²) in [4.78, 5) is 29.8.